The molecule has 0 aromatic heterocycles. The van der Waals surface area contributed by atoms with Gasteiger partial charge in [-0.15, -0.1) is 0 Å². The van der Waals surface area contributed by atoms with E-state index in [0.717, 1.165) is 38.5 Å². The van der Waals surface area contributed by atoms with Crippen LogP contribution in [0.1, 0.15) is 78.1 Å². The highest BCUT2D eigenvalue weighted by molar-refractivity contribution is 4.82. The number of aliphatic hydroxyl groups is 1. The Bertz CT molecular complexity index is 243. The van der Waals surface area contributed by atoms with E-state index in [0.29, 0.717) is 18.8 Å². The first kappa shape index (κ1) is 16.9. The van der Waals surface area contributed by atoms with Crippen molar-refractivity contribution in [1.29, 1.82) is 0 Å². The van der Waals surface area contributed by atoms with Gasteiger partial charge in [-0.25, -0.2) is 8.78 Å². The smallest absolute Gasteiger partial charge is 0.248 e. The number of alkyl halides is 2. The van der Waals surface area contributed by atoms with E-state index in [9.17, 15) is 13.9 Å². The van der Waals surface area contributed by atoms with Gasteiger partial charge in [0.15, 0.2) is 0 Å². The molecule has 0 heterocycles. The molecule has 0 saturated heterocycles. The topological polar surface area (TPSA) is 20.2 Å². The quantitative estimate of drug-likeness (QED) is 0.576. The number of aliphatic hydroxyl groups excluding tert-OH is 1. The van der Waals surface area contributed by atoms with Crippen molar-refractivity contribution in [2.24, 2.45) is 11.8 Å². The highest BCUT2D eigenvalue weighted by atomic mass is 19.3. The molecule has 1 N–H and O–H groups in total. The lowest BCUT2D eigenvalue weighted by Crippen LogP contribution is -2.18. The van der Waals surface area contributed by atoms with Crippen molar-refractivity contribution in [3.05, 3.63) is 0 Å². The molecule has 0 bridgehead atoms. The molecular formula is C16H30F2O. The molecule has 1 rings (SSSR count). The van der Waals surface area contributed by atoms with Crippen LogP contribution in [0.2, 0.25) is 0 Å². The fourth-order valence-corrected chi connectivity index (χ4v) is 3.19. The van der Waals surface area contributed by atoms with Gasteiger partial charge < -0.3 is 5.11 Å². The molecule has 1 aliphatic rings. The SMILES string of the molecule is CCCCCCC(F)(F)CCC[C@H]1CCC(O)C1C. The molecule has 1 nitrogen and oxygen atoms in total. The molecule has 1 aliphatic carbocycles. The lowest BCUT2D eigenvalue weighted by Gasteiger charge is -2.20. The second-order valence-electron chi connectivity index (χ2n) is 6.32. The molecule has 19 heavy (non-hydrogen) atoms. The van der Waals surface area contributed by atoms with Gasteiger partial charge in [-0.3, -0.25) is 0 Å². The van der Waals surface area contributed by atoms with E-state index < -0.39 is 5.92 Å². The number of hydrogen-bond acceptors (Lipinski definition) is 1. The average Bonchev–Trinajstić information content (AvgIpc) is 2.66. The van der Waals surface area contributed by atoms with E-state index in [2.05, 4.69) is 6.92 Å². The van der Waals surface area contributed by atoms with Crippen molar-refractivity contribution in [1.82, 2.24) is 0 Å². The molecule has 0 aliphatic heterocycles. The van der Waals surface area contributed by atoms with Gasteiger partial charge in [0.1, 0.15) is 0 Å². The molecule has 1 saturated carbocycles. The maximum atomic E-state index is 13.6. The van der Waals surface area contributed by atoms with Crippen LogP contribution in [0.5, 0.6) is 0 Å². The van der Waals surface area contributed by atoms with E-state index >= 15 is 0 Å². The normalized spacial score (nSPS) is 27.9. The van der Waals surface area contributed by atoms with Crippen LogP contribution >= 0.6 is 0 Å². The summed E-state index contributed by atoms with van der Waals surface area (Å²) in [7, 11) is 0. The number of rotatable bonds is 9. The number of unbranched alkanes of at least 4 members (excludes halogenated alkanes) is 3. The van der Waals surface area contributed by atoms with Crippen molar-refractivity contribution in [2.45, 2.75) is 90.1 Å². The largest absolute Gasteiger partial charge is 0.393 e. The van der Waals surface area contributed by atoms with Crippen LogP contribution in [0.25, 0.3) is 0 Å². The Morgan fingerprint density at radius 1 is 1.05 bits per heavy atom. The molecular weight excluding hydrogens is 246 g/mol. The summed E-state index contributed by atoms with van der Waals surface area (Å²) in [6, 6.07) is 0. The van der Waals surface area contributed by atoms with E-state index in [-0.39, 0.29) is 24.9 Å². The Morgan fingerprint density at radius 2 is 1.74 bits per heavy atom. The minimum absolute atomic E-state index is 0.0262. The summed E-state index contributed by atoms with van der Waals surface area (Å²) in [5.74, 6) is -1.74. The van der Waals surface area contributed by atoms with Crippen molar-refractivity contribution in [3.8, 4) is 0 Å². The van der Waals surface area contributed by atoms with Crippen LogP contribution in [0.4, 0.5) is 8.78 Å². The van der Waals surface area contributed by atoms with Crippen LogP contribution in [0.3, 0.4) is 0 Å². The summed E-state index contributed by atoms with van der Waals surface area (Å²) < 4.78 is 27.3. The summed E-state index contributed by atoms with van der Waals surface area (Å²) in [5.41, 5.74) is 0. The molecule has 1 fully saturated rings. The van der Waals surface area contributed by atoms with E-state index in [1.54, 1.807) is 0 Å². The third-order valence-corrected chi connectivity index (χ3v) is 4.70. The van der Waals surface area contributed by atoms with Crippen molar-refractivity contribution < 1.29 is 13.9 Å². The second kappa shape index (κ2) is 8.18. The maximum absolute atomic E-state index is 13.6. The highest BCUT2D eigenvalue weighted by Gasteiger charge is 2.32. The molecule has 3 heteroatoms. The van der Waals surface area contributed by atoms with Crippen LogP contribution in [-0.4, -0.2) is 17.1 Å². The van der Waals surface area contributed by atoms with Gasteiger partial charge in [0, 0.05) is 12.8 Å². The highest BCUT2D eigenvalue weighted by Crippen LogP contribution is 2.36. The monoisotopic (exact) mass is 276 g/mol. The van der Waals surface area contributed by atoms with Gasteiger partial charge in [-0.2, -0.15) is 0 Å². The fraction of sp³-hybridized carbons (Fsp3) is 1.00. The lowest BCUT2D eigenvalue weighted by atomic mass is 9.90. The van der Waals surface area contributed by atoms with Crippen LogP contribution in [0, 0.1) is 11.8 Å². The average molecular weight is 276 g/mol. The zero-order valence-electron chi connectivity index (χ0n) is 12.5. The van der Waals surface area contributed by atoms with Gasteiger partial charge in [0.2, 0.25) is 5.92 Å². The summed E-state index contributed by atoms with van der Waals surface area (Å²) >= 11 is 0. The van der Waals surface area contributed by atoms with Gasteiger partial charge in [0.25, 0.3) is 0 Å². The molecule has 2 unspecified atom stereocenters. The van der Waals surface area contributed by atoms with Gasteiger partial charge in [-0.1, -0.05) is 33.1 Å². The molecule has 114 valence electrons. The third kappa shape index (κ3) is 6.20. The van der Waals surface area contributed by atoms with Crippen LogP contribution in [-0.2, 0) is 0 Å². The van der Waals surface area contributed by atoms with Gasteiger partial charge in [0.05, 0.1) is 6.10 Å². The number of hydrogen-bond donors (Lipinski definition) is 1. The summed E-state index contributed by atoms with van der Waals surface area (Å²) in [5, 5.41) is 9.65. The first-order valence-corrected chi connectivity index (χ1v) is 8.02. The third-order valence-electron chi connectivity index (χ3n) is 4.70. The predicted molar refractivity (Wildman–Crippen MR) is 75.5 cm³/mol. The molecule has 0 radical (unpaired) electrons. The second-order valence-corrected chi connectivity index (χ2v) is 6.32. The predicted octanol–water partition coefficient (Wildman–Crippen LogP) is 5.17. The van der Waals surface area contributed by atoms with Crippen molar-refractivity contribution in [2.75, 3.05) is 0 Å². The number of halogens is 2. The first-order valence-electron chi connectivity index (χ1n) is 8.02. The van der Waals surface area contributed by atoms with E-state index in [4.69, 9.17) is 0 Å². The molecule has 3 atom stereocenters. The Labute approximate surface area is 116 Å². The maximum Gasteiger partial charge on any atom is 0.248 e. The van der Waals surface area contributed by atoms with Crippen molar-refractivity contribution in [3.63, 3.8) is 0 Å². The van der Waals surface area contributed by atoms with Crippen molar-refractivity contribution >= 4 is 0 Å². The first-order chi connectivity index (χ1) is 8.96. The fourth-order valence-electron chi connectivity index (χ4n) is 3.19. The standard InChI is InChI=1S/C16H30F2O/c1-3-4-5-6-11-16(17,18)12-7-8-14-9-10-15(19)13(14)2/h13-15,19H,3-12H2,1-2H3/t13?,14-,15?/m0/s1. The zero-order chi connectivity index (χ0) is 14.3. The lowest BCUT2D eigenvalue weighted by molar-refractivity contribution is -0.0219. The van der Waals surface area contributed by atoms with Gasteiger partial charge in [-0.05, 0) is 43.9 Å². The van der Waals surface area contributed by atoms with E-state index in [1.807, 2.05) is 6.92 Å². The molecule has 0 aromatic rings. The molecule has 0 aromatic carbocycles. The Hall–Kier alpha value is -0.180. The summed E-state index contributed by atoms with van der Waals surface area (Å²) in [4.78, 5) is 0. The Balaban J connectivity index is 2.13. The zero-order valence-corrected chi connectivity index (χ0v) is 12.5. The van der Waals surface area contributed by atoms with Crippen LogP contribution in [0.15, 0.2) is 0 Å². The molecule has 0 amide bonds. The molecule has 0 spiro atoms. The van der Waals surface area contributed by atoms with E-state index in [1.165, 1.54) is 0 Å². The minimum Gasteiger partial charge on any atom is -0.393 e. The summed E-state index contributed by atoms with van der Waals surface area (Å²) in [6.07, 6.45) is 6.90. The van der Waals surface area contributed by atoms with Gasteiger partial charge >= 0.3 is 0 Å². The summed E-state index contributed by atoms with van der Waals surface area (Å²) in [6.45, 7) is 4.14. The Morgan fingerprint density at radius 3 is 2.32 bits per heavy atom. The minimum atomic E-state index is -2.48. The van der Waals surface area contributed by atoms with Crippen LogP contribution < -0.4 is 0 Å². The Kier molecular flexibility index (Phi) is 7.27.